The fourth-order valence-electron chi connectivity index (χ4n) is 1.69. The third-order valence-corrected chi connectivity index (χ3v) is 2.62. The van der Waals surface area contributed by atoms with Crippen LogP contribution in [-0.2, 0) is 29.8 Å². The summed E-state index contributed by atoms with van der Waals surface area (Å²) >= 11 is 0. The summed E-state index contributed by atoms with van der Waals surface area (Å²) in [4.78, 5) is 22.9. The summed E-state index contributed by atoms with van der Waals surface area (Å²) in [6.07, 6.45) is -1.97. The highest BCUT2D eigenvalue weighted by Crippen LogP contribution is 2.37. The lowest BCUT2D eigenvalue weighted by atomic mass is 10.1. The quantitative estimate of drug-likeness (QED) is 0.605. The minimum atomic E-state index is -2.06. The molecule has 102 valence electrons. The van der Waals surface area contributed by atoms with Crippen LogP contribution in [0.1, 0.15) is 5.56 Å². The van der Waals surface area contributed by atoms with Crippen molar-refractivity contribution in [2.75, 3.05) is 14.2 Å². The number of aliphatic hydroxyl groups excluding tert-OH is 1. The summed E-state index contributed by atoms with van der Waals surface area (Å²) in [5.74, 6) is -4.05. The molecule has 7 nitrogen and oxygen atoms in total. The van der Waals surface area contributed by atoms with Crippen LogP contribution in [0.4, 0.5) is 0 Å². The van der Waals surface area contributed by atoms with Crippen LogP contribution in [0.5, 0.6) is 5.75 Å². The molecule has 1 aromatic rings. The number of carbonyl (C=O) groups is 2. The molecule has 19 heavy (non-hydrogen) atoms. The highest BCUT2D eigenvalue weighted by Gasteiger charge is 2.52. The van der Waals surface area contributed by atoms with Gasteiger partial charge in [0, 0.05) is 7.11 Å². The normalized spacial score (nSPS) is 26.6. The van der Waals surface area contributed by atoms with Gasteiger partial charge in [0.1, 0.15) is 11.3 Å². The first kappa shape index (κ1) is 13.3. The van der Waals surface area contributed by atoms with Crippen LogP contribution in [0.25, 0.3) is 0 Å². The molecular weight excluding hydrogens is 256 g/mol. The Morgan fingerprint density at radius 1 is 1.16 bits per heavy atom. The largest absolute Gasteiger partial charge is 0.496 e. The highest BCUT2D eigenvalue weighted by atomic mass is 16.9. The van der Waals surface area contributed by atoms with E-state index in [1.165, 1.54) is 20.3 Å². The van der Waals surface area contributed by atoms with Crippen molar-refractivity contribution in [2.45, 2.75) is 12.1 Å². The minimum absolute atomic E-state index is 0.202. The van der Waals surface area contributed by atoms with Crippen LogP contribution in [0.3, 0.4) is 0 Å². The van der Waals surface area contributed by atoms with Gasteiger partial charge in [0.15, 0.2) is 0 Å². The van der Waals surface area contributed by atoms with E-state index in [-0.39, 0.29) is 5.56 Å². The molecule has 0 aromatic heterocycles. The number of cyclic esters (lactones) is 2. The molecule has 1 fully saturated rings. The maximum atomic E-state index is 11.5. The van der Waals surface area contributed by atoms with Crippen molar-refractivity contribution in [1.82, 2.24) is 0 Å². The van der Waals surface area contributed by atoms with Crippen LogP contribution in [0.2, 0.25) is 0 Å². The highest BCUT2D eigenvalue weighted by molar-refractivity contribution is 5.99. The first-order chi connectivity index (χ1) is 9.04. The molecule has 0 spiro atoms. The topological polar surface area (TPSA) is 91.3 Å². The Morgan fingerprint density at radius 2 is 1.74 bits per heavy atom. The molecule has 1 aliphatic heterocycles. The van der Waals surface area contributed by atoms with E-state index in [4.69, 9.17) is 18.9 Å². The van der Waals surface area contributed by atoms with Crippen molar-refractivity contribution in [3.63, 3.8) is 0 Å². The number of rotatable bonds is 3. The number of hydrogen-bond acceptors (Lipinski definition) is 7. The summed E-state index contributed by atoms with van der Waals surface area (Å²) in [6, 6.07) is 6.42. The van der Waals surface area contributed by atoms with Gasteiger partial charge in [-0.3, -0.25) is 0 Å². The zero-order valence-corrected chi connectivity index (χ0v) is 10.3. The molecule has 7 heteroatoms. The van der Waals surface area contributed by atoms with Crippen LogP contribution in [-0.4, -0.2) is 37.4 Å². The predicted molar refractivity (Wildman–Crippen MR) is 59.9 cm³/mol. The third kappa shape index (κ3) is 2.13. The van der Waals surface area contributed by atoms with Gasteiger partial charge in [-0.25, -0.2) is 9.59 Å². The zero-order chi connectivity index (χ0) is 14.0. The molecule has 0 aliphatic carbocycles. The van der Waals surface area contributed by atoms with Crippen molar-refractivity contribution in [2.24, 2.45) is 0 Å². The fourth-order valence-corrected chi connectivity index (χ4v) is 1.69. The molecule has 1 saturated heterocycles. The Labute approximate surface area is 108 Å². The molecule has 0 unspecified atom stereocenters. The minimum Gasteiger partial charge on any atom is -0.496 e. The molecule has 2 rings (SSSR count). The average Bonchev–Trinajstić information content (AvgIpc) is 2.44. The lowest BCUT2D eigenvalue weighted by molar-refractivity contribution is -0.364. The van der Waals surface area contributed by atoms with E-state index in [0.29, 0.717) is 5.75 Å². The van der Waals surface area contributed by atoms with Gasteiger partial charge in [0.05, 0.1) is 7.11 Å². The van der Waals surface area contributed by atoms with Crippen LogP contribution in [0, 0.1) is 0 Å². The molecule has 1 heterocycles. The second kappa shape index (κ2) is 4.87. The Kier molecular flexibility index (Phi) is 3.41. The van der Waals surface area contributed by atoms with Crippen molar-refractivity contribution in [1.29, 1.82) is 0 Å². The number of esters is 2. The summed E-state index contributed by atoms with van der Waals surface area (Å²) in [5.41, 5.74) is 0.202. The van der Waals surface area contributed by atoms with Crippen molar-refractivity contribution >= 4 is 11.9 Å². The maximum Gasteiger partial charge on any atom is 0.409 e. The van der Waals surface area contributed by atoms with Crippen LogP contribution in [0.15, 0.2) is 24.3 Å². The van der Waals surface area contributed by atoms with E-state index in [1.54, 1.807) is 18.2 Å². The standard InChI is InChI=1S/C12H12O7/c1-16-8-6-4-3-5-7(8)12(17-2)18-10(14)9(13)11(15)19-12/h3-6,9,13H,1-2H3. The number of benzene rings is 1. The second-order valence-corrected chi connectivity index (χ2v) is 3.71. The summed E-state index contributed by atoms with van der Waals surface area (Å²) in [5, 5.41) is 9.21. The SMILES string of the molecule is COc1ccccc1C1(OC)OC(=O)C(O)C(=O)O1. The van der Waals surface area contributed by atoms with Gasteiger partial charge in [-0.2, -0.15) is 0 Å². The van der Waals surface area contributed by atoms with E-state index in [0.717, 1.165) is 0 Å². The zero-order valence-electron chi connectivity index (χ0n) is 10.3. The number of methoxy groups -OCH3 is 2. The number of para-hydroxylation sites is 1. The lowest BCUT2D eigenvalue weighted by Crippen LogP contribution is -2.51. The van der Waals surface area contributed by atoms with Crippen molar-refractivity contribution < 1.29 is 33.6 Å². The first-order valence-electron chi connectivity index (χ1n) is 5.36. The van der Waals surface area contributed by atoms with E-state index < -0.39 is 24.0 Å². The van der Waals surface area contributed by atoms with Gasteiger partial charge in [0.25, 0.3) is 0 Å². The number of aliphatic hydroxyl groups is 1. The summed E-state index contributed by atoms with van der Waals surface area (Å²) < 4.78 is 19.9. The van der Waals surface area contributed by atoms with E-state index in [9.17, 15) is 14.7 Å². The van der Waals surface area contributed by atoms with Gasteiger partial charge in [0.2, 0.25) is 6.10 Å². The molecule has 0 bridgehead atoms. The smallest absolute Gasteiger partial charge is 0.409 e. The van der Waals surface area contributed by atoms with Gasteiger partial charge in [-0.05, 0) is 12.1 Å². The lowest BCUT2D eigenvalue weighted by Gasteiger charge is -2.35. The average molecular weight is 268 g/mol. The van der Waals surface area contributed by atoms with E-state index in [2.05, 4.69) is 0 Å². The van der Waals surface area contributed by atoms with Gasteiger partial charge >= 0.3 is 17.9 Å². The van der Waals surface area contributed by atoms with Crippen molar-refractivity contribution in [3.05, 3.63) is 29.8 Å². The third-order valence-electron chi connectivity index (χ3n) is 2.62. The molecule has 0 amide bonds. The van der Waals surface area contributed by atoms with Crippen LogP contribution < -0.4 is 4.74 Å². The number of hydrogen-bond donors (Lipinski definition) is 1. The molecule has 1 aliphatic rings. The van der Waals surface area contributed by atoms with Crippen LogP contribution >= 0.6 is 0 Å². The molecule has 0 atom stereocenters. The van der Waals surface area contributed by atoms with E-state index >= 15 is 0 Å². The van der Waals surface area contributed by atoms with Gasteiger partial charge in [-0.1, -0.05) is 12.1 Å². The summed E-state index contributed by atoms with van der Waals surface area (Å²) in [6.45, 7) is 0. The monoisotopic (exact) mass is 268 g/mol. The molecule has 1 N–H and O–H groups in total. The maximum absolute atomic E-state index is 11.5. The molecule has 1 aromatic carbocycles. The summed E-state index contributed by atoms with van der Waals surface area (Å²) in [7, 11) is 2.61. The van der Waals surface area contributed by atoms with E-state index in [1.807, 2.05) is 0 Å². The number of ether oxygens (including phenoxy) is 4. The number of carbonyl (C=O) groups excluding carboxylic acids is 2. The van der Waals surface area contributed by atoms with Gasteiger partial charge in [-0.15, -0.1) is 0 Å². The molecular formula is C12H12O7. The van der Waals surface area contributed by atoms with Gasteiger partial charge < -0.3 is 24.1 Å². The molecule has 0 radical (unpaired) electrons. The fraction of sp³-hybridized carbons (Fsp3) is 0.333. The Hall–Kier alpha value is -2.12. The first-order valence-corrected chi connectivity index (χ1v) is 5.36. The molecule has 0 saturated carbocycles. The Bertz CT molecular complexity index is 493. The predicted octanol–water partition coefficient (Wildman–Crippen LogP) is -0.0872. The van der Waals surface area contributed by atoms with Crippen molar-refractivity contribution in [3.8, 4) is 5.75 Å². The Balaban J connectivity index is 2.49. The Morgan fingerprint density at radius 3 is 2.26 bits per heavy atom. The second-order valence-electron chi connectivity index (χ2n) is 3.71.